The van der Waals surface area contributed by atoms with Gasteiger partial charge in [-0.3, -0.25) is 9.59 Å². The second kappa shape index (κ2) is 11.9. The van der Waals surface area contributed by atoms with Gasteiger partial charge in [0.15, 0.2) is 0 Å². The van der Waals surface area contributed by atoms with Crippen LogP contribution >= 0.6 is 23.2 Å². The Kier molecular flexibility index (Phi) is 9.60. The Balaban J connectivity index is 2.30. The minimum atomic E-state index is -0.665. The normalized spacial score (nSPS) is 11.8. The van der Waals surface area contributed by atoms with E-state index in [-0.39, 0.29) is 30.6 Å². The highest BCUT2D eigenvalue weighted by atomic mass is 35.5. The van der Waals surface area contributed by atoms with Gasteiger partial charge < -0.3 is 10.2 Å². The lowest BCUT2D eigenvalue weighted by molar-refractivity contribution is -0.140. The molecule has 2 rings (SSSR count). The predicted octanol–water partition coefficient (Wildman–Crippen LogP) is 5.40. The van der Waals surface area contributed by atoms with E-state index in [1.54, 1.807) is 30.3 Å². The van der Waals surface area contributed by atoms with Crippen LogP contribution in [0.2, 0.25) is 10.0 Å². The van der Waals surface area contributed by atoms with Crippen LogP contribution in [0.5, 0.6) is 0 Å². The number of carbonyl (C=O) groups excluding carboxylic acids is 2. The molecule has 0 bridgehead atoms. The molecule has 0 aromatic heterocycles. The third-order valence-electron chi connectivity index (χ3n) is 4.87. The summed E-state index contributed by atoms with van der Waals surface area (Å²) >= 11 is 12.6. The minimum Gasteiger partial charge on any atom is -0.354 e. The van der Waals surface area contributed by atoms with Crippen LogP contribution in [-0.4, -0.2) is 29.3 Å². The van der Waals surface area contributed by atoms with Crippen LogP contribution in [0, 0.1) is 5.82 Å². The van der Waals surface area contributed by atoms with Crippen molar-refractivity contribution in [2.75, 3.05) is 6.54 Å². The summed E-state index contributed by atoms with van der Waals surface area (Å²) in [6, 6.07) is 10.2. The van der Waals surface area contributed by atoms with Crippen molar-refractivity contribution in [2.45, 2.75) is 52.1 Å². The van der Waals surface area contributed by atoms with E-state index in [9.17, 15) is 14.0 Å². The molecule has 7 heteroatoms. The van der Waals surface area contributed by atoms with Gasteiger partial charge >= 0.3 is 0 Å². The summed E-state index contributed by atoms with van der Waals surface area (Å²) in [6.45, 7) is 4.56. The first-order valence-corrected chi connectivity index (χ1v) is 10.9. The maximum absolute atomic E-state index is 13.2. The third kappa shape index (κ3) is 6.71. The van der Waals surface area contributed by atoms with Gasteiger partial charge in [0.2, 0.25) is 11.8 Å². The first-order chi connectivity index (χ1) is 14.4. The van der Waals surface area contributed by atoms with Crippen molar-refractivity contribution in [1.29, 1.82) is 0 Å². The Bertz CT molecular complexity index is 839. The van der Waals surface area contributed by atoms with Crippen molar-refractivity contribution in [3.05, 3.63) is 69.5 Å². The Morgan fingerprint density at radius 3 is 2.27 bits per heavy atom. The van der Waals surface area contributed by atoms with Crippen molar-refractivity contribution < 1.29 is 14.0 Å². The van der Waals surface area contributed by atoms with Crippen LogP contribution in [0.25, 0.3) is 0 Å². The molecule has 0 aliphatic carbocycles. The predicted molar refractivity (Wildman–Crippen MR) is 119 cm³/mol. The number of carbonyl (C=O) groups is 2. The average molecular weight is 453 g/mol. The lowest BCUT2D eigenvalue weighted by Crippen LogP contribution is -2.49. The van der Waals surface area contributed by atoms with E-state index >= 15 is 0 Å². The first-order valence-electron chi connectivity index (χ1n) is 10.1. The van der Waals surface area contributed by atoms with E-state index in [0.29, 0.717) is 34.1 Å². The molecular weight excluding hydrogens is 426 g/mol. The summed E-state index contributed by atoms with van der Waals surface area (Å²) in [7, 11) is 0. The number of rotatable bonds is 10. The van der Waals surface area contributed by atoms with Crippen LogP contribution in [0.1, 0.15) is 44.2 Å². The standard InChI is InChI=1S/C23H27Cl2FN2O2/c1-3-5-13-27-23(30)21(4-2)28(15-18-19(24)7-6-8-20(18)25)22(29)14-16-9-11-17(26)12-10-16/h6-12,21H,3-5,13-15H2,1-2H3,(H,27,30)/t21-/m1/s1. The largest absolute Gasteiger partial charge is 0.354 e. The lowest BCUT2D eigenvalue weighted by Gasteiger charge is -2.31. The van der Waals surface area contributed by atoms with Gasteiger partial charge in [-0.25, -0.2) is 4.39 Å². The molecule has 1 atom stereocenters. The van der Waals surface area contributed by atoms with Crippen LogP contribution in [-0.2, 0) is 22.6 Å². The van der Waals surface area contributed by atoms with Crippen LogP contribution < -0.4 is 5.32 Å². The molecule has 0 unspecified atom stereocenters. The quantitative estimate of drug-likeness (QED) is 0.490. The molecule has 30 heavy (non-hydrogen) atoms. The van der Waals surface area contributed by atoms with Gasteiger partial charge in [-0.05, 0) is 42.7 Å². The third-order valence-corrected chi connectivity index (χ3v) is 5.58. The van der Waals surface area contributed by atoms with E-state index in [0.717, 1.165) is 12.8 Å². The van der Waals surface area contributed by atoms with Gasteiger partial charge in [-0.15, -0.1) is 0 Å². The first kappa shape index (κ1) is 24.2. The molecule has 2 amide bonds. The maximum Gasteiger partial charge on any atom is 0.242 e. The van der Waals surface area contributed by atoms with E-state index in [2.05, 4.69) is 5.32 Å². The van der Waals surface area contributed by atoms with Crippen molar-refractivity contribution in [3.8, 4) is 0 Å². The van der Waals surface area contributed by atoms with Gasteiger partial charge in [0, 0.05) is 28.7 Å². The maximum atomic E-state index is 13.2. The smallest absolute Gasteiger partial charge is 0.242 e. The Morgan fingerprint density at radius 2 is 1.70 bits per heavy atom. The van der Waals surface area contributed by atoms with Gasteiger partial charge in [0.25, 0.3) is 0 Å². The Morgan fingerprint density at radius 1 is 1.07 bits per heavy atom. The molecule has 0 aliphatic rings. The van der Waals surface area contributed by atoms with E-state index in [1.807, 2.05) is 13.8 Å². The highest BCUT2D eigenvalue weighted by Gasteiger charge is 2.29. The molecule has 0 radical (unpaired) electrons. The molecule has 0 saturated carbocycles. The molecule has 1 N–H and O–H groups in total. The zero-order valence-electron chi connectivity index (χ0n) is 17.3. The molecule has 0 saturated heterocycles. The number of nitrogens with one attached hydrogen (secondary N) is 1. The van der Waals surface area contributed by atoms with Crippen LogP contribution in [0.4, 0.5) is 4.39 Å². The van der Waals surface area contributed by atoms with E-state index in [4.69, 9.17) is 23.2 Å². The molecule has 0 spiro atoms. The zero-order valence-corrected chi connectivity index (χ0v) is 18.8. The average Bonchev–Trinajstić information content (AvgIpc) is 2.71. The summed E-state index contributed by atoms with van der Waals surface area (Å²) < 4.78 is 13.2. The second-order valence-electron chi connectivity index (χ2n) is 7.09. The fourth-order valence-electron chi connectivity index (χ4n) is 3.16. The topological polar surface area (TPSA) is 49.4 Å². The molecule has 2 aromatic rings. The summed E-state index contributed by atoms with van der Waals surface area (Å²) in [6.07, 6.45) is 2.30. The SMILES string of the molecule is CCCCNC(=O)[C@@H](CC)N(Cc1c(Cl)cccc1Cl)C(=O)Cc1ccc(F)cc1. The lowest BCUT2D eigenvalue weighted by atomic mass is 10.1. The number of benzene rings is 2. The summed E-state index contributed by atoms with van der Waals surface area (Å²) in [4.78, 5) is 27.6. The monoisotopic (exact) mass is 452 g/mol. The highest BCUT2D eigenvalue weighted by Crippen LogP contribution is 2.27. The van der Waals surface area contributed by atoms with Crippen molar-refractivity contribution in [1.82, 2.24) is 10.2 Å². The summed E-state index contributed by atoms with van der Waals surface area (Å²) in [5.74, 6) is -0.829. The molecule has 4 nitrogen and oxygen atoms in total. The van der Waals surface area contributed by atoms with Gasteiger partial charge in [-0.2, -0.15) is 0 Å². The van der Waals surface area contributed by atoms with Crippen molar-refractivity contribution in [2.24, 2.45) is 0 Å². The molecule has 0 heterocycles. The second-order valence-corrected chi connectivity index (χ2v) is 7.91. The van der Waals surface area contributed by atoms with Gasteiger partial charge in [-0.1, -0.05) is 61.7 Å². The number of hydrogen-bond donors (Lipinski definition) is 1. The molecule has 0 fully saturated rings. The number of nitrogens with zero attached hydrogens (tertiary/aromatic N) is 1. The van der Waals surface area contributed by atoms with Crippen molar-refractivity contribution >= 4 is 35.0 Å². The molecule has 162 valence electrons. The highest BCUT2D eigenvalue weighted by molar-refractivity contribution is 6.36. The zero-order chi connectivity index (χ0) is 22.1. The fraction of sp³-hybridized carbons (Fsp3) is 0.391. The number of unbranched alkanes of at least 4 members (excludes halogenated alkanes) is 1. The Labute approximate surface area is 187 Å². The summed E-state index contributed by atoms with van der Waals surface area (Å²) in [5, 5.41) is 3.78. The number of halogens is 3. The fourth-order valence-corrected chi connectivity index (χ4v) is 3.67. The summed E-state index contributed by atoms with van der Waals surface area (Å²) in [5.41, 5.74) is 1.26. The molecule has 0 aliphatic heterocycles. The van der Waals surface area contributed by atoms with Crippen molar-refractivity contribution in [3.63, 3.8) is 0 Å². The van der Waals surface area contributed by atoms with Gasteiger partial charge in [0.05, 0.1) is 6.42 Å². The molecule has 2 aromatic carbocycles. The van der Waals surface area contributed by atoms with E-state index < -0.39 is 6.04 Å². The van der Waals surface area contributed by atoms with Crippen LogP contribution in [0.3, 0.4) is 0 Å². The number of amides is 2. The minimum absolute atomic E-state index is 0.0427. The van der Waals surface area contributed by atoms with E-state index in [1.165, 1.54) is 17.0 Å². The molecular formula is C23H27Cl2FN2O2. The Hall–Kier alpha value is -2.11. The van der Waals surface area contributed by atoms with Gasteiger partial charge in [0.1, 0.15) is 11.9 Å². The van der Waals surface area contributed by atoms with Crippen LogP contribution in [0.15, 0.2) is 42.5 Å². The number of hydrogen-bond acceptors (Lipinski definition) is 2.